The molecule has 2 N–H and O–H groups in total. The van der Waals surface area contributed by atoms with Crippen LogP contribution in [0, 0.1) is 0 Å². The van der Waals surface area contributed by atoms with E-state index in [4.69, 9.17) is 16.3 Å². The molecule has 2 atom stereocenters. The summed E-state index contributed by atoms with van der Waals surface area (Å²) in [6, 6.07) is 7.99. The monoisotopic (exact) mass is 373 g/mol. The summed E-state index contributed by atoms with van der Waals surface area (Å²) in [5, 5.41) is 7.08. The molecule has 2 heterocycles. The van der Waals surface area contributed by atoms with Crippen LogP contribution in [0.2, 0.25) is 5.02 Å². The molecule has 5 nitrogen and oxygen atoms in total. The third-order valence-corrected chi connectivity index (χ3v) is 4.80. The number of nitrogens with zero attached hydrogens (tertiary/aromatic N) is 1. The van der Waals surface area contributed by atoms with E-state index in [-0.39, 0.29) is 30.4 Å². The Morgan fingerprint density at radius 2 is 2.21 bits per heavy atom. The summed E-state index contributed by atoms with van der Waals surface area (Å²) >= 11 is 6.15. The fraction of sp³-hybridized carbons (Fsp3) is 0.588. The van der Waals surface area contributed by atoms with Crippen molar-refractivity contribution < 1.29 is 9.53 Å². The Balaban J connectivity index is 0.00000208. The minimum atomic E-state index is -0.0419. The van der Waals surface area contributed by atoms with Gasteiger partial charge < -0.3 is 15.4 Å². The topological polar surface area (TPSA) is 53.6 Å². The van der Waals surface area contributed by atoms with Gasteiger partial charge in [0, 0.05) is 24.7 Å². The Kier molecular flexibility index (Phi) is 7.78. The molecular formula is C17H25Cl2N3O2. The Labute approximate surface area is 154 Å². The average molecular weight is 374 g/mol. The van der Waals surface area contributed by atoms with Gasteiger partial charge in [0.15, 0.2) is 0 Å². The van der Waals surface area contributed by atoms with Crippen molar-refractivity contribution in [3.8, 4) is 0 Å². The molecule has 2 aliphatic heterocycles. The third kappa shape index (κ3) is 5.07. The van der Waals surface area contributed by atoms with Crippen LogP contribution in [0.25, 0.3) is 0 Å². The predicted molar refractivity (Wildman–Crippen MR) is 97.9 cm³/mol. The molecule has 0 aliphatic carbocycles. The van der Waals surface area contributed by atoms with Crippen LogP contribution >= 0.6 is 24.0 Å². The molecule has 0 aromatic heterocycles. The number of benzene rings is 1. The van der Waals surface area contributed by atoms with Gasteiger partial charge in [-0.15, -0.1) is 12.4 Å². The van der Waals surface area contributed by atoms with Crippen LogP contribution in [0.1, 0.15) is 24.4 Å². The van der Waals surface area contributed by atoms with E-state index in [9.17, 15) is 4.79 Å². The van der Waals surface area contributed by atoms with Gasteiger partial charge >= 0.3 is 0 Å². The van der Waals surface area contributed by atoms with E-state index in [0.29, 0.717) is 6.54 Å². The molecule has 1 amide bonds. The van der Waals surface area contributed by atoms with E-state index in [1.807, 2.05) is 18.2 Å². The summed E-state index contributed by atoms with van der Waals surface area (Å²) in [6.07, 6.45) is 1.99. The number of hydrogen-bond donors (Lipinski definition) is 2. The van der Waals surface area contributed by atoms with Gasteiger partial charge in [-0.25, -0.2) is 0 Å². The molecule has 2 aliphatic rings. The highest BCUT2D eigenvalue weighted by atomic mass is 35.5. The van der Waals surface area contributed by atoms with Crippen molar-refractivity contribution in [1.29, 1.82) is 0 Å². The Morgan fingerprint density at radius 3 is 2.88 bits per heavy atom. The molecule has 0 spiro atoms. The number of morpholine rings is 1. The van der Waals surface area contributed by atoms with Crippen molar-refractivity contribution >= 4 is 29.9 Å². The zero-order valence-electron chi connectivity index (χ0n) is 13.7. The standard InChI is InChI=1S/C17H24ClN3O2.ClH/c18-14-4-1-3-13(11-14)16(21-7-9-23-10-8-21)12-20-17(22)15-5-2-6-19-15;/h1,3-4,11,15-16,19H,2,5-10,12H2,(H,20,22);1H. The number of rotatable bonds is 5. The molecular weight excluding hydrogens is 349 g/mol. The Hall–Kier alpha value is -0.850. The smallest absolute Gasteiger partial charge is 0.237 e. The van der Waals surface area contributed by atoms with Crippen molar-refractivity contribution in [2.75, 3.05) is 39.4 Å². The van der Waals surface area contributed by atoms with Gasteiger partial charge in [0.2, 0.25) is 5.91 Å². The first-order valence-electron chi connectivity index (χ1n) is 8.32. The second-order valence-electron chi connectivity index (χ2n) is 6.11. The molecule has 134 valence electrons. The summed E-state index contributed by atoms with van der Waals surface area (Å²) in [7, 11) is 0. The molecule has 2 saturated heterocycles. The summed E-state index contributed by atoms with van der Waals surface area (Å²) in [4.78, 5) is 14.6. The van der Waals surface area contributed by atoms with Gasteiger partial charge in [-0.3, -0.25) is 9.69 Å². The van der Waals surface area contributed by atoms with Crippen molar-refractivity contribution in [2.24, 2.45) is 0 Å². The average Bonchev–Trinajstić information content (AvgIpc) is 3.10. The van der Waals surface area contributed by atoms with E-state index in [1.165, 1.54) is 0 Å². The number of hydrogen-bond acceptors (Lipinski definition) is 4. The summed E-state index contributed by atoms with van der Waals surface area (Å²) in [6.45, 7) is 4.73. The maximum atomic E-state index is 12.3. The van der Waals surface area contributed by atoms with Crippen LogP contribution in [0.3, 0.4) is 0 Å². The largest absolute Gasteiger partial charge is 0.379 e. The molecule has 0 radical (unpaired) electrons. The maximum absolute atomic E-state index is 12.3. The molecule has 3 rings (SSSR count). The Bertz CT molecular complexity index is 532. The number of ether oxygens (including phenoxy) is 1. The molecule has 2 fully saturated rings. The highest BCUT2D eigenvalue weighted by Crippen LogP contribution is 2.24. The molecule has 1 aromatic carbocycles. The minimum Gasteiger partial charge on any atom is -0.379 e. The molecule has 2 unspecified atom stereocenters. The molecule has 0 bridgehead atoms. The zero-order chi connectivity index (χ0) is 16.1. The first-order chi connectivity index (χ1) is 11.2. The van der Waals surface area contributed by atoms with Gasteiger partial charge in [-0.2, -0.15) is 0 Å². The van der Waals surface area contributed by atoms with Crippen LogP contribution in [0.15, 0.2) is 24.3 Å². The maximum Gasteiger partial charge on any atom is 0.237 e. The summed E-state index contributed by atoms with van der Waals surface area (Å²) < 4.78 is 5.45. The van der Waals surface area contributed by atoms with Gasteiger partial charge in [0.25, 0.3) is 0 Å². The SMILES string of the molecule is Cl.O=C(NCC(c1cccc(Cl)c1)N1CCOCC1)C1CCCN1. The van der Waals surface area contributed by atoms with E-state index < -0.39 is 0 Å². The first kappa shape index (κ1) is 19.5. The molecule has 24 heavy (non-hydrogen) atoms. The van der Waals surface area contributed by atoms with Gasteiger partial charge in [-0.1, -0.05) is 23.7 Å². The molecule has 1 aromatic rings. The van der Waals surface area contributed by atoms with E-state index in [1.54, 1.807) is 0 Å². The van der Waals surface area contributed by atoms with Gasteiger partial charge in [0.05, 0.1) is 25.3 Å². The second-order valence-corrected chi connectivity index (χ2v) is 6.55. The number of carbonyl (C=O) groups excluding carboxylic acids is 1. The van der Waals surface area contributed by atoms with Crippen molar-refractivity contribution in [3.63, 3.8) is 0 Å². The summed E-state index contributed by atoms with van der Waals surface area (Å²) in [5.41, 5.74) is 1.14. The number of carbonyl (C=O) groups is 1. The summed E-state index contributed by atoms with van der Waals surface area (Å²) in [5.74, 6) is 0.0998. The number of nitrogens with one attached hydrogen (secondary N) is 2. The fourth-order valence-corrected chi connectivity index (χ4v) is 3.49. The van der Waals surface area contributed by atoms with Gasteiger partial charge in [-0.05, 0) is 37.1 Å². The normalized spacial score (nSPS) is 22.6. The molecule has 7 heteroatoms. The van der Waals surface area contributed by atoms with Crippen molar-refractivity contribution in [2.45, 2.75) is 24.9 Å². The van der Waals surface area contributed by atoms with E-state index in [2.05, 4.69) is 21.6 Å². The van der Waals surface area contributed by atoms with E-state index in [0.717, 1.165) is 56.3 Å². The lowest BCUT2D eigenvalue weighted by Gasteiger charge is -2.35. The quantitative estimate of drug-likeness (QED) is 0.828. The van der Waals surface area contributed by atoms with Crippen LogP contribution in [-0.2, 0) is 9.53 Å². The number of amides is 1. The van der Waals surface area contributed by atoms with Crippen LogP contribution < -0.4 is 10.6 Å². The minimum absolute atomic E-state index is 0. The fourth-order valence-electron chi connectivity index (χ4n) is 3.29. The predicted octanol–water partition coefficient (Wildman–Crippen LogP) is 2.00. The second kappa shape index (κ2) is 9.59. The van der Waals surface area contributed by atoms with Crippen LogP contribution in [0.5, 0.6) is 0 Å². The first-order valence-corrected chi connectivity index (χ1v) is 8.70. The highest BCUT2D eigenvalue weighted by Gasteiger charge is 2.26. The lowest BCUT2D eigenvalue weighted by Crippen LogP contribution is -2.47. The lowest BCUT2D eigenvalue weighted by atomic mass is 10.0. The number of halogens is 2. The van der Waals surface area contributed by atoms with Crippen LogP contribution in [0.4, 0.5) is 0 Å². The van der Waals surface area contributed by atoms with Crippen LogP contribution in [-0.4, -0.2) is 56.2 Å². The molecule has 0 saturated carbocycles. The van der Waals surface area contributed by atoms with Gasteiger partial charge in [0.1, 0.15) is 0 Å². The third-order valence-electron chi connectivity index (χ3n) is 4.57. The zero-order valence-corrected chi connectivity index (χ0v) is 15.2. The van der Waals surface area contributed by atoms with Crippen molar-refractivity contribution in [1.82, 2.24) is 15.5 Å². The Morgan fingerprint density at radius 1 is 1.42 bits per heavy atom. The van der Waals surface area contributed by atoms with Crippen molar-refractivity contribution in [3.05, 3.63) is 34.9 Å². The van der Waals surface area contributed by atoms with E-state index >= 15 is 0 Å². The lowest BCUT2D eigenvalue weighted by molar-refractivity contribution is -0.123. The highest BCUT2D eigenvalue weighted by molar-refractivity contribution is 6.30.